The zero-order chi connectivity index (χ0) is 16.7. The summed E-state index contributed by atoms with van der Waals surface area (Å²) in [6.07, 6.45) is -0.610. The number of halogens is 2. The molecule has 0 bridgehead atoms. The standard InChI is InChI=1S/C15H20Cl2N2O3/c1-4-22-15(21)19-13(9(2)3)14(20)18-8-10-5-6-11(16)7-12(10)17/h5-7,9,13H,4,8H2,1-3H3,(H,18,20)(H,19,21)/t13-/m0/s1. The number of carbonyl (C=O) groups is 2. The van der Waals surface area contributed by atoms with Gasteiger partial charge in [-0.25, -0.2) is 4.79 Å². The van der Waals surface area contributed by atoms with Crippen LogP contribution in [0.2, 0.25) is 10.0 Å². The molecule has 0 aliphatic carbocycles. The van der Waals surface area contributed by atoms with Crippen LogP contribution in [0.4, 0.5) is 4.79 Å². The maximum Gasteiger partial charge on any atom is 0.407 e. The van der Waals surface area contributed by atoms with Crippen LogP contribution in [-0.4, -0.2) is 24.6 Å². The lowest BCUT2D eigenvalue weighted by atomic mass is 10.0. The van der Waals surface area contributed by atoms with Crippen LogP contribution in [0.25, 0.3) is 0 Å². The van der Waals surface area contributed by atoms with Gasteiger partial charge in [0.15, 0.2) is 0 Å². The molecule has 0 aliphatic rings. The Kier molecular flexibility index (Phi) is 7.48. The van der Waals surface area contributed by atoms with Gasteiger partial charge in [0.05, 0.1) is 6.61 Å². The first-order chi connectivity index (χ1) is 10.3. The average molecular weight is 347 g/mol. The molecule has 0 saturated carbocycles. The largest absolute Gasteiger partial charge is 0.450 e. The minimum atomic E-state index is -0.676. The molecule has 5 nitrogen and oxygen atoms in total. The third-order valence-electron chi connectivity index (χ3n) is 2.97. The third-order valence-corrected chi connectivity index (χ3v) is 3.55. The van der Waals surface area contributed by atoms with Crippen LogP contribution in [0.15, 0.2) is 18.2 Å². The molecule has 0 fully saturated rings. The number of hydrogen-bond acceptors (Lipinski definition) is 3. The highest BCUT2D eigenvalue weighted by atomic mass is 35.5. The van der Waals surface area contributed by atoms with E-state index in [1.807, 2.05) is 13.8 Å². The van der Waals surface area contributed by atoms with E-state index >= 15 is 0 Å². The van der Waals surface area contributed by atoms with Gasteiger partial charge in [0.2, 0.25) is 5.91 Å². The number of amides is 2. The Balaban J connectivity index is 2.65. The summed E-state index contributed by atoms with van der Waals surface area (Å²) < 4.78 is 4.80. The predicted molar refractivity (Wildman–Crippen MR) is 87.1 cm³/mol. The van der Waals surface area contributed by atoms with E-state index in [0.717, 1.165) is 5.56 Å². The summed E-state index contributed by atoms with van der Waals surface area (Å²) >= 11 is 11.9. The monoisotopic (exact) mass is 346 g/mol. The van der Waals surface area contributed by atoms with E-state index in [1.54, 1.807) is 25.1 Å². The number of ether oxygens (including phenoxy) is 1. The fourth-order valence-electron chi connectivity index (χ4n) is 1.79. The lowest BCUT2D eigenvalue weighted by Gasteiger charge is -2.21. The van der Waals surface area contributed by atoms with Crippen LogP contribution >= 0.6 is 23.2 Å². The summed E-state index contributed by atoms with van der Waals surface area (Å²) in [5, 5.41) is 6.31. The van der Waals surface area contributed by atoms with Crippen molar-refractivity contribution in [1.82, 2.24) is 10.6 Å². The average Bonchev–Trinajstić information content (AvgIpc) is 2.43. The van der Waals surface area contributed by atoms with Crippen molar-refractivity contribution >= 4 is 35.2 Å². The molecule has 22 heavy (non-hydrogen) atoms. The lowest BCUT2D eigenvalue weighted by molar-refractivity contribution is -0.124. The molecular weight excluding hydrogens is 327 g/mol. The molecule has 0 heterocycles. The second kappa shape index (κ2) is 8.86. The number of benzene rings is 1. The molecule has 0 saturated heterocycles. The third kappa shape index (κ3) is 5.73. The van der Waals surface area contributed by atoms with Crippen molar-refractivity contribution in [2.75, 3.05) is 6.61 Å². The molecule has 1 aromatic rings. The van der Waals surface area contributed by atoms with Gasteiger partial charge in [-0.1, -0.05) is 43.1 Å². The predicted octanol–water partition coefficient (Wildman–Crippen LogP) is 3.38. The van der Waals surface area contributed by atoms with Gasteiger partial charge < -0.3 is 15.4 Å². The van der Waals surface area contributed by atoms with E-state index in [4.69, 9.17) is 27.9 Å². The summed E-state index contributed by atoms with van der Waals surface area (Å²) in [7, 11) is 0. The summed E-state index contributed by atoms with van der Waals surface area (Å²) in [6, 6.07) is 4.38. The maximum atomic E-state index is 12.2. The molecular formula is C15H20Cl2N2O3. The van der Waals surface area contributed by atoms with E-state index in [-0.39, 0.29) is 25.0 Å². The Morgan fingerprint density at radius 3 is 2.50 bits per heavy atom. The molecule has 0 aliphatic heterocycles. The van der Waals surface area contributed by atoms with Gasteiger partial charge in [-0.3, -0.25) is 4.79 Å². The van der Waals surface area contributed by atoms with Crippen LogP contribution in [0.1, 0.15) is 26.3 Å². The van der Waals surface area contributed by atoms with Crippen LogP contribution in [0.5, 0.6) is 0 Å². The minimum Gasteiger partial charge on any atom is -0.450 e. The van der Waals surface area contributed by atoms with Crippen molar-refractivity contribution in [2.45, 2.75) is 33.4 Å². The smallest absolute Gasteiger partial charge is 0.407 e. The van der Waals surface area contributed by atoms with Gasteiger partial charge in [-0.15, -0.1) is 0 Å². The van der Waals surface area contributed by atoms with E-state index < -0.39 is 12.1 Å². The Morgan fingerprint density at radius 1 is 1.27 bits per heavy atom. The summed E-state index contributed by atoms with van der Waals surface area (Å²) in [5.74, 6) is -0.376. The Labute approximate surface area is 140 Å². The molecule has 0 unspecified atom stereocenters. The minimum absolute atomic E-state index is 0.0786. The number of hydrogen-bond donors (Lipinski definition) is 2. The fraction of sp³-hybridized carbons (Fsp3) is 0.467. The van der Waals surface area contributed by atoms with Gasteiger partial charge in [0.1, 0.15) is 6.04 Å². The van der Waals surface area contributed by atoms with Gasteiger partial charge in [-0.05, 0) is 30.5 Å². The Morgan fingerprint density at radius 2 is 1.95 bits per heavy atom. The second-order valence-electron chi connectivity index (χ2n) is 5.04. The Bertz CT molecular complexity index is 536. The highest BCUT2D eigenvalue weighted by molar-refractivity contribution is 6.35. The highest BCUT2D eigenvalue weighted by Gasteiger charge is 2.24. The molecule has 7 heteroatoms. The van der Waals surface area contributed by atoms with E-state index in [9.17, 15) is 9.59 Å². The topological polar surface area (TPSA) is 67.4 Å². The quantitative estimate of drug-likeness (QED) is 0.829. The SMILES string of the molecule is CCOC(=O)N[C@H](C(=O)NCc1ccc(Cl)cc1Cl)C(C)C. The molecule has 1 aromatic carbocycles. The zero-order valence-corrected chi connectivity index (χ0v) is 14.3. The van der Waals surface area contributed by atoms with E-state index in [2.05, 4.69) is 10.6 Å². The molecule has 0 radical (unpaired) electrons. The van der Waals surface area contributed by atoms with Gasteiger partial charge >= 0.3 is 6.09 Å². The zero-order valence-electron chi connectivity index (χ0n) is 12.8. The molecule has 0 spiro atoms. The van der Waals surface area contributed by atoms with Crippen LogP contribution in [-0.2, 0) is 16.1 Å². The molecule has 2 N–H and O–H groups in total. The number of nitrogens with one attached hydrogen (secondary N) is 2. The molecule has 2 amide bonds. The number of carbonyl (C=O) groups excluding carboxylic acids is 2. The van der Waals surface area contributed by atoms with Gasteiger partial charge in [0, 0.05) is 16.6 Å². The van der Waals surface area contributed by atoms with E-state index in [0.29, 0.717) is 10.0 Å². The van der Waals surface area contributed by atoms with Crippen molar-refractivity contribution in [3.05, 3.63) is 33.8 Å². The maximum absolute atomic E-state index is 12.2. The molecule has 1 atom stereocenters. The summed E-state index contributed by atoms with van der Waals surface area (Å²) in [5.41, 5.74) is 0.748. The first kappa shape index (κ1) is 18.6. The highest BCUT2D eigenvalue weighted by Crippen LogP contribution is 2.20. The first-order valence-electron chi connectivity index (χ1n) is 7.00. The first-order valence-corrected chi connectivity index (χ1v) is 7.75. The van der Waals surface area contributed by atoms with Crippen molar-refractivity contribution in [3.63, 3.8) is 0 Å². The number of rotatable bonds is 6. The summed E-state index contributed by atoms with van der Waals surface area (Å²) in [6.45, 7) is 5.88. The van der Waals surface area contributed by atoms with Gasteiger partial charge in [0.25, 0.3) is 0 Å². The van der Waals surface area contributed by atoms with Gasteiger partial charge in [-0.2, -0.15) is 0 Å². The normalized spacial score (nSPS) is 11.9. The van der Waals surface area contributed by atoms with Crippen molar-refractivity contribution in [3.8, 4) is 0 Å². The van der Waals surface area contributed by atoms with Crippen molar-refractivity contribution < 1.29 is 14.3 Å². The van der Waals surface area contributed by atoms with Crippen LogP contribution in [0, 0.1) is 5.92 Å². The molecule has 122 valence electrons. The van der Waals surface area contributed by atoms with Crippen LogP contribution in [0.3, 0.4) is 0 Å². The second-order valence-corrected chi connectivity index (χ2v) is 5.88. The van der Waals surface area contributed by atoms with Crippen LogP contribution < -0.4 is 10.6 Å². The Hall–Kier alpha value is -1.46. The van der Waals surface area contributed by atoms with E-state index in [1.165, 1.54) is 0 Å². The molecule has 0 aromatic heterocycles. The van der Waals surface area contributed by atoms with Crippen molar-refractivity contribution in [2.24, 2.45) is 5.92 Å². The number of alkyl carbamates (subject to hydrolysis) is 1. The molecule has 1 rings (SSSR count). The van der Waals surface area contributed by atoms with Crippen molar-refractivity contribution in [1.29, 1.82) is 0 Å². The summed E-state index contributed by atoms with van der Waals surface area (Å²) in [4.78, 5) is 23.7. The lowest BCUT2D eigenvalue weighted by Crippen LogP contribution is -2.49. The fourth-order valence-corrected chi connectivity index (χ4v) is 2.27.